The predicted molar refractivity (Wildman–Crippen MR) is 70.3 cm³/mol. The molecule has 0 heterocycles. The average molecular weight is 268 g/mol. The van der Waals surface area contributed by atoms with Crippen LogP contribution >= 0.6 is 23.2 Å². The number of rotatable bonds is 1. The van der Waals surface area contributed by atoms with Crippen LogP contribution in [0.2, 0.25) is 10.0 Å². The highest BCUT2D eigenvalue weighted by Crippen LogP contribution is 2.32. The Morgan fingerprint density at radius 3 is 2.35 bits per heavy atom. The van der Waals surface area contributed by atoms with Gasteiger partial charge in [0.2, 0.25) is 6.08 Å². The Hall–Kier alpha value is -1.60. The first-order chi connectivity index (χ1) is 9.01. The van der Waals surface area contributed by atoms with E-state index < -0.39 is 0 Å². The fourth-order valence-corrected chi connectivity index (χ4v) is 1.63. The van der Waals surface area contributed by atoms with Gasteiger partial charge in [-0.15, -0.1) is 0 Å². The van der Waals surface area contributed by atoms with E-state index in [1.165, 1.54) is 0 Å². The zero-order valence-electron chi connectivity index (χ0n) is 10.6. The van der Waals surface area contributed by atoms with Gasteiger partial charge < -0.3 is 0 Å². The van der Waals surface area contributed by atoms with Crippen molar-refractivity contribution in [2.45, 2.75) is 0 Å². The minimum Gasteiger partial charge on any atom is -0.222 e. The molecule has 0 saturated heterocycles. The van der Waals surface area contributed by atoms with E-state index in [-0.39, 0.29) is 11.1 Å². The summed E-state index contributed by atoms with van der Waals surface area (Å²) in [5, 5.41) is 6.04. The molecule has 4 heteroatoms. The van der Waals surface area contributed by atoms with Gasteiger partial charge in [0.15, 0.2) is 0 Å². The van der Waals surface area contributed by atoms with Crippen molar-refractivity contribution in [2.24, 2.45) is 0 Å². The van der Waals surface area contributed by atoms with Crippen LogP contribution in [0.25, 0.3) is 11.1 Å². The number of hydrogen-bond donors (Lipinski definition) is 1. The van der Waals surface area contributed by atoms with Crippen LogP contribution in [0.15, 0.2) is 48.5 Å². The highest BCUT2D eigenvalue weighted by molar-refractivity contribution is 6.43. The lowest BCUT2D eigenvalue weighted by Crippen LogP contribution is -1.79. The van der Waals surface area contributed by atoms with Crippen molar-refractivity contribution < 1.29 is 7.54 Å². The summed E-state index contributed by atoms with van der Waals surface area (Å²) >= 11 is 12.0. The Morgan fingerprint density at radius 1 is 1.18 bits per heavy atom. The average Bonchev–Trinajstić information content (AvgIpc) is 2.39. The van der Waals surface area contributed by atoms with Crippen LogP contribution in [-0.4, -0.2) is 6.08 Å². The van der Waals surface area contributed by atoms with E-state index >= 15 is 0 Å². The van der Waals surface area contributed by atoms with E-state index in [4.69, 9.17) is 36.1 Å². The third-order valence-corrected chi connectivity index (χ3v) is 2.71. The van der Waals surface area contributed by atoms with Crippen molar-refractivity contribution in [3.8, 4) is 11.1 Å². The van der Waals surface area contributed by atoms with Crippen LogP contribution in [0.5, 0.6) is 0 Å². The summed E-state index contributed by atoms with van der Waals surface area (Å²) in [4.78, 5) is 8.35. The molecule has 2 nitrogen and oxygen atoms in total. The van der Waals surface area contributed by atoms with Gasteiger partial charge in [-0.1, -0.05) is 65.6 Å². The minimum absolute atomic E-state index is 0.215. The summed E-state index contributed by atoms with van der Waals surface area (Å²) in [6.07, 6.45) is 0.750. The van der Waals surface area contributed by atoms with Gasteiger partial charge in [0.25, 0.3) is 0 Å². The molecule has 0 aliphatic carbocycles. The molecule has 0 atom stereocenters. The van der Waals surface area contributed by atoms with Crippen molar-refractivity contribution in [1.82, 2.24) is 0 Å². The lowest BCUT2D eigenvalue weighted by molar-refractivity contribution is 0.563. The Morgan fingerprint density at radius 2 is 1.76 bits per heavy atom. The maximum absolute atomic E-state index is 8.35. The third-order valence-electron chi connectivity index (χ3n) is 1.92. The molecular formula is C13H9Cl2NO. The van der Waals surface area contributed by atoms with Crippen LogP contribution in [0.4, 0.5) is 0 Å². The molecule has 2 aromatic rings. The number of halogens is 2. The number of carbonyl (C=O) groups excluding carboxylic acids is 1. The van der Waals surface area contributed by atoms with Gasteiger partial charge in [0, 0.05) is 5.56 Å². The Balaban J connectivity index is 0.000000550. The Labute approximate surface area is 112 Å². The van der Waals surface area contributed by atoms with Gasteiger partial charge >= 0.3 is 0 Å². The van der Waals surface area contributed by atoms with Crippen LogP contribution in [0, 0.1) is 5.41 Å². The lowest BCUT2D eigenvalue weighted by atomic mass is 10.1. The molecule has 0 aromatic heterocycles. The monoisotopic (exact) mass is 267 g/mol. The Bertz CT molecular complexity index is 609. The molecule has 0 saturated carbocycles. The van der Waals surface area contributed by atoms with Crippen LogP contribution in [0.1, 0.15) is 2.74 Å². The summed E-state index contributed by atoms with van der Waals surface area (Å²) in [5.41, 5.74) is 1.67. The zero-order valence-corrected chi connectivity index (χ0v) is 10.1. The second-order valence-electron chi connectivity index (χ2n) is 2.91. The van der Waals surface area contributed by atoms with Gasteiger partial charge in [-0.05, 0) is 11.6 Å². The molecule has 2 aromatic carbocycles. The van der Waals surface area contributed by atoms with Crippen LogP contribution in [0.3, 0.4) is 0 Å². The van der Waals surface area contributed by atoms with E-state index in [0.29, 0.717) is 11.1 Å². The number of hydrogen-bond acceptors (Lipinski definition) is 2. The quantitative estimate of drug-likeness (QED) is 0.597. The highest BCUT2D eigenvalue weighted by atomic mass is 35.5. The van der Waals surface area contributed by atoms with Gasteiger partial charge in [-0.25, -0.2) is 10.2 Å². The second kappa shape index (κ2) is 6.87. The fourth-order valence-electron chi connectivity index (χ4n) is 1.24. The maximum atomic E-state index is 8.35. The van der Waals surface area contributed by atoms with Crippen molar-refractivity contribution >= 4 is 29.3 Å². The van der Waals surface area contributed by atoms with Crippen molar-refractivity contribution in [3.63, 3.8) is 0 Å². The number of benzene rings is 2. The van der Waals surface area contributed by atoms with Gasteiger partial charge in [-0.2, -0.15) is 0 Å². The van der Waals surface area contributed by atoms with E-state index in [1.807, 2.05) is 12.1 Å². The number of isocyanates is 1. The molecule has 0 aliphatic rings. The molecule has 17 heavy (non-hydrogen) atoms. The molecule has 2 rings (SSSR count). The van der Waals surface area contributed by atoms with Crippen molar-refractivity contribution in [3.05, 3.63) is 58.5 Å². The first kappa shape index (κ1) is 10.5. The summed E-state index contributed by atoms with van der Waals surface area (Å²) in [6.45, 7) is 0. The summed E-state index contributed by atoms with van der Waals surface area (Å²) < 4.78 is 14.9. The highest BCUT2D eigenvalue weighted by Gasteiger charge is 2.05. The van der Waals surface area contributed by atoms with Crippen molar-refractivity contribution in [2.75, 3.05) is 0 Å². The second-order valence-corrected chi connectivity index (χ2v) is 3.67. The zero-order chi connectivity index (χ0) is 14.4. The van der Waals surface area contributed by atoms with E-state index in [2.05, 4.69) is 0 Å². The van der Waals surface area contributed by atoms with E-state index in [1.54, 1.807) is 24.3 Å². The third kappa shape index (κ3) is 3.72. The largest absolute Gasteiger partial charge is 0.231 e. The molecule has 0 bridgehead atoms. The molecule has 0 radical (unpaired) electrons. The lowest BCUT2D eigenvalue weighted by Gasteiger charge is -2.04. The summed E-state index contributed by atoms with van der Waals surface area (Å²) in [7, 11) is 0. The minimum atomic E-state index is 0.215. The molecule has 86 valence electrons. The molecule has 1 N–H and O–H groups in total. The molecule has 0 amide bonds. The van der Waals surface area contributed by atoms with Gasteiger partial charge in [0.1, 0.15) is 0 Å². The first-order valence-electron chi connectivity index (χ1n) is 5.56. The topological polar surface area (TPSA) is 40.9 Å². The smallest absolute Gasteiger partial charge is 0.222 e. The normalized spacial score (nSPS) is 10.5. The van der Waals surface area contributed by atoms with Crippen molar-refractivity contribution in [1.29, 1.82) is 5.41 Å². The molecule has 0 unspecified atom stereocenters. The molecule has 0 spiro atoms. The predicted octanol–water partition coefficient (Wildman–Crippen LogP) is 4.56. The number of nitrogens with one attached hydrogen (secondary N) is 1. The van der Waals surface area contributed by atoms with Crippen LogP contribution in [-0.2, 0) is 4.79 Å². The first-order valence-corrected chi connectivity index (χ1v) is 5.32. The maximum Gasteiger partial charge on any atom is 0.231 e. The standard InChI is InChI=1S/C12H8Cl2.CHNO/c13-11-8-4-7-10(12(11)14)9-5-2-1-3-6-9;2-1-3/h1-8H;2H/i1D,8D;. The van der Waals surface area contributed by atoms with E-state index in [0.717, 1.165) is 17.2 Å². The van der Waals surface area contributed by atoms with E-state index in [9.17, 15) is 0 Å². The molecule has 0 fully saturated rings. The summed E-state index contributed by atoms with van der Waals surface area (Å²) in [6, 6.07) is 11.0. The van der Waals surface area contributed by atoms with Crippen LogP contribution < -0.4 is 0 Å². The fraction of sp³-hybridized carbons (Fsp3) is 0. The van der Waals surface area contributed by atoms with Gasteiger partial charge in [0.05, 0.1) is 12.8 Å². The van der Waals surface area contributed by atoms with Gasteiger partial charge in [-0.3, -0.25) is 0 Å². The Kier molecular flexibility index (Phi) is 4.26. The molecular weight excluding hydrogens is 257 g/mol. The SMILES string of the molecule is N=C=O.[2H]c1ccc(-c2ccc([2H])c(Cl)c2Cl)cc1. The summed E-state index contributed by atoms with van der Waals surface area (Å²) in [5.74, 6) is 0. The molecule has 0 aliphatic heterocycles.